The maximum atomic E-state index is 13.6. The molecule has 1 heterocycles. The van der Waals surface area contributed by atoms with Crippen molar-refractivity contribution in [3.63, 3.8) is 0 Å². The Morgan fingerprint density at radius 1 is 1.26 bits per heavy atom. The van der Waals surface area contributed by atoms with Crippen LogP contribution < -0.4 is 10.6 Å². The van der Waals surface area contributed by atoms with Crippen molar-refractivity contribution in [1.29, 1.82) is 0 Å². The molecule has 0 aliphatic heterocycles. The molecule has 0 spiro atoms. The first kappa shape index (κ1) is 13.9. The van der Waals surface area contributed by atoms with Crippen LogP contribution in [0.25, 0.3) is 0 Å². The molecular formula is C13H12Cl2FN3. The molecule has 0 unspecified atom stereocenters. The van der Waals surface area contributed by atoms with Gasteiger partial charge in [-0.05, 0) is 12.1 Å². The lowest BCUT2D eigenvalue weighted by Crippen LogP contribution is -2.19. The fourth-order valence-corrected chi connectivity index (χ4v) is 2.20. The summed E-state index contributed by atoms with van der Waals surface area (Å²) in [6, 6.07) is 8.06. The Bertz CT molecular complexity index is 604. The molecule has 0 bridgehead atoms. The fraction of sp³-hybridized carbons (Fsp3) is 0.154. The molecule has 2 N–H and O–H groups in total. The minimum atomic E-state index is -0.271. The topological polar surface area (TPSA) is 42.2 Å². The van der Waals surface area contributed by atoms with Crippen LogP contribution >= 0.6 is 23.2 Å². The van der Waals surface area contributed by atoms with Crippen LogP contribution in [0.5, 0.6) is 0 Å². The Balaban J connectivity index is 2.28. The minimum absolute atomic E-state index is 0.196. The number of pyridine rings is 1. The normalized spacial score (nSPS) is 10.5. The highest BCUT2D eigenvalue weighted by atomic mass is 35.5. The van der Waals surface area contributed by atoms with Gasteiger partial charge in [0.15, 0.2) is 0 Å². The van der Waals surface area contributed by atoms with Gasteiger partial charge in [0.2, 0.25) is 0 Å². The average molecular weight is 300 g/mol. The third kappa shape index (κ3) is 3.08. The van der Waals surface area contributed by atoms with E-state index < -0.39 is 0 Å². The zero-order valence-electron chi connectivity index (χ0n) is 10.2. The van der Waals surface area contributed by atoms with E-state index in [-0.39, 0.29) is 11.6 Å². The molecule has 0 aliphatic carbocycles. The molecule has 0 saturated carbocycles. The quantitative estimate of drug-likeness (QED) is 0.938. The van der Waals surface area contributed by atoms with E-state index in [1.165, 1.54) is 12.1 Å². The number of hydrogen-bond donors (Lipinski definition) is 1. The van der Waals surface area contributed by atoms with E-state index in [0.717, 1.165) is 0 Å². The monoisotopic (exact) mass is 299 g/mol. The third-order valence-corrected chi connectivity index (χ3v) is 3.25. The zero-order chi connectivity index (χ0) is 14.0. The van der Waals surface area contributed by atoms with Gasteiger partial charge in [-0.3, -0.25) is 0 Å². The summed E-state index contributed by atoms with van der Waals surface area (Å²) in [5, 5.41) is 0.672. The molecule has 0 aliphatic rings. The number of benzene rings is 1. The molecule has 0 fully saturated rings. The van der Waals surface area contributed by atoms with Crippen LogP contribution in [0.3, 0.4) is 0 Å². The van der Waals surface area contributed by atoms with Crippen LogP contribution in [0.2, 0.25) is 10.0 Å². The lowest BCUT2D eigenvalue weighted by Gasteiger charge is -2.20. The molecular weight excluding hydrogens is 288 g/mol. The molecule has 2 rings (SSSR count). The number of hydrogen-bond acceptors (Lipinski definition) is 3. The molecule has 3 nitrogen and oxygen atoms in total. The van der Waals surface area contributed by atoms with E-state index in [1.807, 2.05) is 0 Å². The summed E-state index contributed by atoms with van der Waals surface area (Å²) in [6.07, 6.45) is 0. The van der Waals surface area contributed by atoms with E-state index in [9.17, 15) is 4.39 Å². The van der Waals surface area contributed by atoms with Gasteiger partial charge in [-0.2, -0.15) is 0 Å². The van der Waals surface area contributed by atoms with Gasteiger partial charge < -0.3 is 10.6 Å². The second-order valence-corrected chi connectivity index (χ2v) is 4.92. The van der Waals surface area contributed by atoms with E-state index in [2.05, 4.69) is 4.98 Å². The van der Waals surface area contributed by atoms with Crippen molar-refractivity contribution in [3.8, 4) is 0 Å². The highest BCUT2D eigenvalue weighted by Crippen LogP contribution is 2.30. The Labute approximate surface area is 120 Å². The summed E-state index contributed by atoms with van der Waals surface area (Å²) in [5.41, 5.74) is 6.20. The van der Waals surface area contributed by atoms with Crippen molar-refractivity contribution < 1.29 is 4.39 Å². The smallest absolute Gasteiger partial charge is 0.149 e. The summed E-state index contributed by atoms with van der Waals surface area (Å²) in [7, 11) is 1.76. The number of halogens is 3. The summed E-state index contributed by atoms with van der Waals surface area (Å²) in [5.74, 6) is 0.390. The maximum absolute atomic E-state index is 13.6. The van der Waals surface area contributed by atoms with Gasteiger partial charge in [-0.25, -0.2) is 9.37 Å². The Morgan fingerprint density at radius 2 is 1.95 bits per heavy atom. The highest BCUT2D eigenvalue weighted by molar-refractivity contribution is 6.37. The van der Waals surface area contributed by atoms with Crippen molar-refractivity contribution in [2.45, 2.75) is 6.54 Å². The molecule has 100 valence electrons. The van der Waals surface area contributed by atoms with Crippen LogP contribution in [-0.4, -0.2) is 12.0 Å². The van der Waals surface area contributed by atoms with Crippen molar-refractivity contribution in [1.82, 2.24) is 4.98 Å². The molecule has 1 aromatic heterocycles. The van der Waals surface area contributed by atoms with E-state index in [4.69, 9.17) is 28.9 Å². The fourth-order valence-electron chi connectivity index (χ4n) is 1.70. The Kier molecular flexibility index (Phi) is 4.12. The highest BCUT2D eigenvalue weighted by Gasteiger charge is 2.13. The molecule has 1 aromatic carbocycles. The van der Waals surface area contributed by atoms with Gasteiger partial charge in [0, 0.05) is 19.2 Å². The second-order valence-electron chi connectivity index (χ2n) is 4.11. The molecule has 0 atom stereocenters. The molecule has 0 saturated heterocycles. The van der Waals surface area contributed by atoms with Gasteiger partial charge in [0.05, 0.1) is 10.0 Å². The largest absolute Gasteiger partial charge is 0.382 e. The van der Waals surface area contributed by atoms with Gasteiger partial charge in [0.25, 0.3) is 0 Å². The van der Waals surface area contributed by atoms with Crippen LogP contribution in [0.15, 0.2) is 30.3 Å². The van der Waals surface area contributed by atoms with Crippen LogP contribution in [0.1, 0.15) is 5.56 Å². The first-order valence-electron chi connectivity index (χ1n) is 5.55. The van der Waals surface area contributed by atoms with Gasteiger partial charge in [0.1, 0.15) is 17.5 Å². The molecule has 0 radical (unpaired) electrons. The number of rotatable bonds is 3. The SMILES string of the molecule is CN(Cc1ccccc1F)c1nc(N)c(Cl)cc1Cl. The van der Waals surface area contributed by atoms with Crippen molar-refractivity contribution in [3.05, 3.63) is 51.8 Å². The van der Waals surface area contributed by atoms with Gasteiger partial charge >= 0.3 is 0 Å². The zero-order valence-corrected chi connectivity index (χ0v) is 11.7. The Hall–Kier alpha value is -1.52. The molecule has 6 heteroatoms. The van der Waals surface area contributed by atoms with Crippen molar-refractivity contribution in [2.75, 3.05) is 17.7 Å². The first-order valence-corrected chi connectivity index (χ1v) is 6.30. The number of aromatic nitrogens is 1. The summed E-state index contributed by atoms with van der Waals surface area (Å²) < 4.78 is 13.6. The lowest BCUT2D eigenvalue weighted by molar-refractivity contribution is 0.607. The number of nitrogens with two attached hydrogens (primary N) is 1. The van der Waals surface area contributed by atoms with Crippen molar-refractivity contribution >= 4 is 34.8 Å². The van der Waals surface area contributed by atoms with E-state index in [1.54, 1.807) is 30.1 Å². The number of nitrogens with zero attached hydrogens (tertiary/aromatic N) is 2. The predicted octanol–water partition coefficient (Wildman–Crippen LogP) is 3.75. The maximum Gasteiger partial charge on any atom is 0.149 e. The number of anilines is 2. The standard InChI is InChI=1S/C13H12Cl2FN3/c1-19(7-8-4-2-3-5-11(8)16)13-10(15)6-9(14)12(17)18-13/h2-6H,7H2,1H3,(H2,17,18). The number of nitrogen functional groups attached to an aromatic ring is 1. The summed E-state index contributed by atoms with van der Waals surface area (Å²) in [4.78, 5) is 5.83. The molecule has 2 aromatic rings. The second kappa shape index (κ2) is 5.63. The third-order valence-electron chi connectivity index (χ3n) is 2.67. The average Bonchev–Trinajstić information content (AvgIpc) is 2.36. The van der Waals surface area contributed by atoms with Crippen molar-refractivity contribution in [2.24, 2.45) is 0 Å². The van der Waals surface area contributed by atoms with Crippen LogP contribution in [0.4, 0.5) is 16.0 Å². The predicted molar refractivity (Wildman–Crippen MR) is 77.2 cm³/mol. The summed E-state index contributed by atoms with van der Waals surface area (Å²) >= 11 is 11.9. The van der Waals surface area contributed by atoms with Gasteiger partial charge in [-0.1, -0.05) is 41.4 Å². The van der Waals surface area contributed by atoms with Crippen LogP contribution in [-0.2, 0) is 6.54 Å². The molecule has 19 heavy (non-hydrogen) atoms. The summed E-state index contributed by atoms with van der Waals surface area (Å²) in [6.45, 7) is 0.334. The molecule has 0 amide bonds. The van der Waals surface area contributed by atoms with Crippen LogP contribution in [0, 0.1) is 5.82 Å². The lowest BCUT2D eigenvalue weighted by atomic mass is 10.2. The first-order chi connectivity index (χ1) is 8.99. The van der Waals surface area contributed by atoms with Gasteiger partial charge in [-0.15, -0.1) is 0 Å². The van der Waals surface area contributed by atoms with E-state index >= 15 is 0 Å². The van der Waals surface area contributed by atoms with E-state index in [0.29, 0.717) is 28.0 Å². The minimum Gasteiger partial charge on any atom is -0.382 e. The Morgan fingerprint density at radius 3 is 2.63 bits per heavy atom.